The minimum Gasteiger partial charge on any atom is -0.325 e. The highest BCUT2D eigenvalue weighted by Gasteiger charge is 2.30. The summed E-state index contributed by atoms with van der Waals surface area (Å²) in [6.07, 6.45) is -1.84. The lowest BCUT2D eigenvalue weighted by Crippen LogP contribution is -2.05. The van der Waals surface area contributed by atoms with Gasteiger partial charge in [0.05, 0.1) is 16.3 Å². The zero-order valence-corrected chi connectivity index (χ0v) is 11.2. The van der Waals surface area contributed by atoms with E-state index in [1.807, 2.05) is 12.1 Å². The third-order valence-corrected chi connectivity index (χ3v) is 3.56. The predicted octanol–water partition coefficient (Wildman–Crippen LogP) is 3.25. The van der Waals surface area contributed by atoms with Crippen molar-refractivity contribution in [2.45, 2.75) is 23.5 Å². The Hall–Kier alpha value is -1.60. The van der Waals surface area contributed by atoms with Gasteiger partial charge in [-0.1, -0.05) is 0 Å². The van der Waals surface area contributed by atoms with E-state index in [0.717, 1.165) is 23.5 Å². The van der Waals surface area contributed by atoms with Crippen LogP contribution in [0.3, 0.4) is 0 Å². The average molecular weight is 299 g/mol. The molecule has 0 saturated heterocycles. The number of alkyl halides is 3. The molecule has 0 atom stereocenters. The fraction of sp³-hybridized carbons (Fsp3) is 0.231. The highest BCUT2D eigenvalue weighted by Crippen LogP contribution is 2.30. The van der Waals surface area contributed by atoms with Crippen LogP contribution >= 0.6 is 11.8 Å². The second-order valence-corrected chi connectivity index (χ2v) is 5.03. The van der Waals surface area contributed by atoms with Crippen molar-refractivity contribution in [1.29, 1.82) is 0 Å². The normalized spacial score (nSPS) is 11.6. The highest BCUT2D eigenvalue weighted by atomic mass is 32.2. The SMILES string of the molecule is NCc1cc(CSc2ccc(C(F)(F)F)cn2)ccn1. The largest absolute Gasteiger partial charge is 0.417 e. The Morgan fingerprint density at radius 2 is 1.95 bits per heavy atom. The van der Waals surface area contributed by atoms with E-state index >= 15 is 0 Å². The van der Waals surface area contributed by atoms with Gasteiger partial charge in [0, 0.05) is 24.7 Å². The van der Waals surface area contributed by atoms with Crippen molar-refractivity contribution >= 4 is 11.8 Å². The molecular weight excluding hydrogens is 287 g/mol. The maximum atomic E-state index is 12.4. The molecule has 0 fully saturated rings. The van der Waals surface area contributed by atoms with Crippen molar-refractivity contribution in [3.05, 3.63) is 53.5 Å². The maximum absolute atomic E-state index is 12.4. The number of halogens is 3. The number of pyridine rings is 2. The molecule has 0 amide bonds. The monoisotopic (exact) mass is 299 g/mol. The number of hydrogen-bond donors (Lipinski definition) is 1. The summed E-state index contributed by atoms with van der Waals surface area (Å²) in [5, 5.41) is 0.545. The van der Waals surface area contributed by atoms with Gasteiger partial charge < -0.3 is 5.73 Å². The molecule has 3 nitrogen and oxygen atoms in total. The van der Waals surface area contributed by atoms with Gasteiger partial charge in [0.15, 0.2) is 0 Å². The number of rotatable bonds is 4. The molecule has 0 unspecified atom stereocenters. The van der Waals surface area contributed by atoms with Crippen LogP contribution in [0.1, 0.15) is 16.8 Å². The van der Waals surface area contributed by atoms with Crippen LogP contribution in [-0.2, 0) is 18.5 Å². The molecule has 0 aliphatic carbocycles. The highest BCUT2D eigenvalue weighted by molar-refractivity contribution is 7.98. The van der Waals surface area contributed by atoms with Crippen LogP contribution in [0, 0.1) is 0 Å². The maximum Gasteiger partial charge on any atom is 0.417 e. The third kappa shape index (κ3) is 3.94. The van der Waals surface area contributed by atoms with Gasteiger partial charge >= 0.3 is 6.18 Å². The van der Waals surface area contributed by atoms with E-state index < -0.39 is 11.7 Å². The molecule has 2 rings (SSSR count). The molecule has 0 bridgehead atoms. The Labute approximate surface area is 118 Å². The number of hydrogen-bond acceptors (Lipinski definition) is 4. The van der Waals surface area contributed by atoms with Gasteiger partial charge in [0.25, 0.3) is 0 Å². The lowest BCUT2D eigenvalue weighted by atomic mass is 10.2. The van der Waals surface area contributed by atoms with E-state index in [1.54, 1.807) is 6.20 Å². The van der Waals surface area contributed by atoms with Gasteiger partial charge in [-0.15, -0.1) is 11.8 Å². The minimum absolute atomic E-state index is 0.358. The van der Waals surface area contributed by atoms with Crippen molar-refractivity contribution < 1.29 is 13.2 Å². The standard InChI is InChI=1S/C13H12F3N3S/c14-13(15,16)10-1-2-12(19-7-10)20-8-9-3-4-18-11(5-9)6-17/h1-5,7H,6,8,17H2. The molecule has 2 heterocycles. The third-order valence-electron chi connectivity index (χ3n) is 2.54. The zero-order chi connectivity index (χ0) is 14.6. The van der Waals surface area contributed by atoms with Gasteiger partial charge in [-0.25, -0.2) is 4.98 Å². The molecule has 106 valence electrons. The minimum atomic E-state index is -4.35. The van der Waals surface area contributed by atoms with E-state index in [0.29, 0.717) is 17.3 Å². The Morgan fingerprint density at radius 1 is 1.15 bits per heavy atom. The molecule has 0 aliphatic heterocycles. The van der Waals surface area contributed by atoms with Crippen LogP contribution in [-0.4, -0.2) is 9.97 Å². The van der Waals surface area contributed by atoms with Crippen molar-refractivity contribution in [1.82, 2.24) is 9.97 Å². The second-order valence-electron chi connectivity index (χ2n) is 4.03. The summed E-state index contributed by atoms with van der Waals surface area (Å²) in [5.41, 5.74) is 6.54. The average Bonchev–Trinajstić information content (AvgIpc) is 2.45. The first-order valence-electron chi connectivity index (χ1n) is 5.79. The summed E-state index contributed by atoms with van der Waals surface area (Å²) >= 11 is 1.36. The zero-order valence-electron chi connectivity index (χ0n) is 10.4. The fourth-order valence-corrected chi connectivity index (χ4v) is 2.31. The van der Waals surface area contributed by atoms with Crippen molar-refractivity contribution in [2.75, 3.05) is 0 Å². The van der Waals surface area contributed by atoms with Gasteiger partial charge in [-0.05, 0) is 29.8 Å². The number of aromatic nitrogens is 2. The molecule has 2 N–H and O–H groups in total. The smallest absolute Gasteiger partial charge is 0.325 e. The Bertz CT molecular complexity index is 570. The summed E-state index contributed by atoms with van der Waals surface area (Å²) in [4.78, 5) is 7.88. The van der Waals surface area contributed by atoms with Crippen LogP contribution in [0.2, 0.25) is 0 Å². The summed E-state index contributed by atoms with van der Waals surface area (Å²) in [5.74, 6) is 0.605. The second kappa shape index (κ2) is 6.23. The molecule has 0 saturated carbocycles. The molecular formula is C13H12F3N3S. The van der Waals surface area contributed by atoms with Crippen LogP contribution in [0.15, 0.2) is 41.7 Å². The summed E-state index contributed by atoms with van der Waals surface area (Å²) in [7, 11) is 0. The molecule has 0 aliphatic rings. The lowest BCUT2D eigenvalue weighted by Gasteiger charge is -2.07. The van der Waals surface area contributed by atoms with Gasteiger partial charge in [-0.3, -0.25) is 4.98 Å². The van der Waals surface area contributed by atoms with Crippen LogP contribution < -0.4 is 5.73 Å². The number of thioether (sulfide) groups is 1. The van der Waals surface area contributed by atoms with Crippen LogP contribution in [0.25, 0.3) is 0 Å². The van der Waals surface area contributed by atoms with E-state index in [1.165, 1.54) is 17.8 Å². The van der Waals surface area contributed by atoms with Crippen molar-refractivity contribution in [2.24, 2.45) is 5.73 Å². The summed E-state index contributed by atoms with van der Waals surface area (Å²) in [6, 6.07) is 6.12. The fourth-order valence-electron chi connectivity index (χ4n) is 1.52. The van der Waals surface area contributed by atoms with E-state index in [4.69, 9.17) is 5.73 Å². The van der Waals surface area contributed by atoms with Gasteiger partial charge in [-0.2, -0.15) is 13.2 Å². The first-order chi connectivity index (χ1) is 9.49. The quantitative estimate of drug-likeness (QED) is 0.881. The molecule has 20 heavy (non-hydrogen) atoms. The lowest BCUT2D eigenvalue weighted by molar-refractivity contribution is -0.137. The molecule has 0 aromatic carbocycles. The van der Waals surface area contributed by atoms with Crippen molar-refractivity contribution in [3.63, 3.8) is 0 Å². The van der Waals surface area contributed by atoms with Crippen molar-refractivity contribution in [3.8, 4) is 0 Å². The molecule has 0 spiro atoms. The molecule has 2 aromatic heterocycles. The predicted molar refractivity (Wildman–Crippen MR) is 70.9 cm³/mol. The summed E-state index contributed by atoms with van der Waals surface area (Å²) < 4.78 is 37.2. The Morgan fingerprint density at radius 3 is 2.55 bits per heavy atom. The van der Waals surface area contributed by atoms with Crippen LogP contribution in [0.5, 0.6) is 0 Å². The van der Waals surface area contributed by atoms with Gasteiger partial charge in [0.1, 0.15) is 0 Å². The molecule has 7 heteroatoms. The Balaban J connectivity index is 2.00. The molecule has 2 aromatic rings. The number of nitrogens with two attached hydrogens (primary N) is 1. The first kappa shape index (κ1) is 14.8. The number of nitrogens with zero attached hydrogens (tertiary/aromatic N) is 2. The van der Waals surface area contributed by atoms with E-state index in [-0.39, 0.29) is 0 Å². The van der Waals surface area contributed by atoms with Crippen LogP contribution in [0.4, 0.5) is 13.2 Å². The Kier molecular flexibility index (Phi) is 4.61. The van der Waals surface area contributed by atoms with Gasteiger partial charge in [0.2, 0.25) is 0 Å². The topological polar surface area (TPSA) is 51.8 Å². The van der Waals surface area contributed by atoms with E-state index in [9.17, 15) is 13.2 Å². The molecule has 0 radical (unpaired) electrons. The van der Waals surface area contributed by atoms with E-state index in [2.05, 4.69) is 9.97 Å². The first-order valence-corrected chi connectivity index (χ1v) is 6.77. The summed E-state index contributed by atoms with van der Waals surface area (Å²) in [6.45, 7) is 0.358.